The Balaban J connectivity index is 1.48. The van der Waals surface area contributed by atoms with Crippen molar-refractivity contribution in [1.82, 2.24) is 9.97 Å². The summed E-state index contributed by atoms with van der Waals surface area (Å²) in [6.45, 7) is 20.6. The van der Waals surface area contributed by atoms with Crippen LogP contribution in [0.1, 0.15) is 86.3 Å². The number of nitrogens with zero attached hydrogens (tertiary/aromatic N) is 2. The van der Waals surface area contributed by atoms with Crippen LogP contribution in [0.25, 0.3) is 0 Å². The number of aliphatic hydroxyl groups excluding tert-OH is 1. The molecule has 45 heavy (non-hydrogen) atoms. The van der Waals surface area contributed by atoms with Crippen molar-refractivity contribution >= 4 is 39.3 Å². The van der Waals surface area contributed by atoms with E-state index in [-0.39, 0.29) is 30.5 Å². The minimum atomic E-state index is -2.11. The third kappa shape index (κ3) is 8.60. The van der Waals surface area contributed by atoms with Crippen molar-refractivity contribution in [3.63, 3.8) is 0 Å². The molecule has 1 aliphatic carbocycles. The highest BCUT2D eigenvalue weighted by atomic mass is 32.1. The number of thiophene rings is 1. The Morgan fingerprint density at radius 2 is 1.78 bits per heavy atom. The molecular weight excluding hydrogens is 611 g/mol. The molecule has 242 valence electrons. The highest BCUT2D eigenvalue weighted by Crippen LogP contribution is 2.46. The van der Waals surface area contributed by atoms with Crippen LogP contribution in [0.15, 0.2) is 48.2 Å². The molecule has 2 N–H and O–H groups in total. The summed E-state index contributed by atoms with van der Waals surface area (Å²) >= 11 is 1.46. The first-order valence-electron chi connectivity index (χ1n) is 16.3. The smallest absolute Gasteiger partial charge is 0.208 e. The number of hydrogen-bond acceptors (Lipinski definition) is 7. The van der Waals surface area contributed by atoms with Crippen molar-refractivity contribution in [3.8, 4) is 11.5 Å². The molecule has 0 bridgehead atoms. The van der Waals surface area contributed by atoms with Crippen molar-refractivity contribution in [2.24, 2.45) is 5.92 Å². The molecule has 1 fully saturated rings. The summed E-state index contributed by atoms with van der Waals surface area (Å²) in [4.78, 5) is 23.1. The van der Waals surface area contributed by atoms with E-state index >= 15 is 0 Å². The maximum atomic E-state index is 13.8. The summed E-state index contributed by atoms with van der Waals surface area (Å²) in [6.07, 6.45) is 5.35. The summed E-state index contributed by atoms with van der Waals surface area (Å²) < 4.78 is 7.12. The molecule has 0 radical (unpaired) electrons. The first-order chi connectivity index (χ1) is 21.2. The van der Waals surface area contributed by atoms with Crippen LogP contribution in [-0.2, 0) is 10.8 Å². The van der Waals surface area contributed by atoms with Gasteiger partial charge in [-0.15, -0.1) is 16.9 Å². The second kappa shape index (κ2) is 14.9. The van der Waals surface area contributed by atoms with Gasteiger partial charge in [-0.3, -0.25) is 4.79 Å². The normalized spacial score (nSPS) is 18.8. The lowest BCUT2D eigenvalue weighted by molar-refractivity contribution is 0.0941. The first kappa shape index (κ1) is 35.2. The van der Waals surface area contributed by atoms with Crippen LogP contribution in [0, 0.1) is 17.4 Å². The molecule has 3 aromatic rings. The lowest BCUT2D eigenvalue weighted by atomic mass is 10.0. The minimum absolute atomic E-state index is 0.0211. The topological polar surface area (TPSA) is 84.3 Å². The Hall–Kier alpha value is -2.62. The molecule has 9 heteroatoms. The van der Waals surface area contributed by atoms with Gasteiger partial charge in [-0.1, -0.05) is 79.2 Å². The van der Waals surface area contributed by atoms with E-state index in [2.05, 4.69) is 118 Å². The number of carbonyl (C=O) groups is 1. The van der Waals surface area contributed by atoms with Gasteiger partial charge in [-0.2, -0.15) is 0 Å². The molecule has 3 unspecified atom stereocenters. The first-order valence-corrected chi connectivity index (χ1v) is 22.8. The summed E-state index contributed by atoms with van der Waals surface area (Å²) in [5.74, 6) is 3.85. The van der Waals surface area contributed by atoms with Crippen LogP contribution >= 0.6 is 11.3 Å². The molecule has 2 heterocycles. The number of aromatic nitrogens is 2. The molecule has 0 aliphatic heterocycles. The fourth-order valence-electron chi connectivity index (χ4n) is 6.99. The van der Waals surface area contributed by atoms with E-state index in [1.807, 2.05) is 6.07 Å². The number of carbonyl (C=O) groups excluding carboxylic acids is 1. The van der Waals surface area contributed by atoms with Crippen molar-refractivity contribution < 1.29 is 14.3 Å². The summed E-state index contributed by atoms with van der Waals surface area (Å²) in [5.41, 5.74) is 8.63. The van der Waals surface area contributed by atoms with E-state index in [0.29, 0.717) is 32.9 Å². The van der Waals surface area contributed by atoms with E-state index in [4.69, 9.17) is 4.43 Å². The number of ketones is 1. The summed E-state index contributed by atoms with van der Waals surface area (Å²) in [6, 6.07) is 10.4. The number of hydrogen-bond donors (Lipinski definition) is 2. The predicted molar refractivity (Wildman–Crippen MR) is 192 cm³/mol. The van der Waals surface area contributed by atoms with Crippen molar-refractivity contribution in [1.29, 1.82) is 0 Å². The Bertz CT molecular complexity index is 1500. The molecule has 1 aliphatic rings. The molecule has 0 spiro atoms. The van der Waals surface area contributed by atoms with Gasteiger partial charge in [-0.05, 0) is 70.6 Å². The predicted octanol–water partition coefficient (Wildman–Crippen LogP) is 8.33. The van der Waals surface area contributed by atoms with E-state index in [1.54, 1.807) is 6.20 Å². The largest absolute Gasteiger partial charge is 0.413 e. The van der Waals surface area contributed by atoms with E-state index in [0.717, 1.165) is 30.4 Å². The van der Waals surface area contributed by atoms with Crippen molar-refractivity contribution in [2.75, 3.05) is 11.9 Å². The third-order valence-corrected chi connectivity index (χ3v) is 17.0. The third-order valence-electron chi connectivity index (χ3n) is 9.02. The molecule has 0 amide bonds. The van der Waals surface area contributed by atoms with Crippen LogP contribution in [0.5, 0.6) is 0 Å². The van der Waals surface area contributed by atoms with E-state index in [1.165, 1.54) is 23.2 Å². The zero-order valence-corrected chi connectivity index (χ0v) is 31.3. The highest BCUT2D eigenvalue weighted by Gasteiger charge is 2.49. The van der Waals surface area contributed by atoms with Gasteiger partial charge >= 0.3 is 0 Å². The van der Waals surface area contributed by atoms with E-state index in [9.17, 15) is 9.90 Å². The van der Waals surface area contributed by atoms with Crippen LogP contribution < -0.4 is 5.32 Å². The van der Waals surface area contributed by atoms with Gasteiger partial charge in [0.15, 0.2) is 0 Å². The summed E-state index contributed by atoms with van der Waals surface area (Å²) in [5, 5.41) is 15.9. The number of nitrogens with one attached hydrogen (secondary N) is 1. The van der Waals surface area contributed by atoms with Crippen LogP contribution in [0.2, 0.25) is 36.3 Å². The molecule has 1 saturated carbocycles. The zero-order valence-electron chi connectivity index (χ0n) is 28.5. The standard InChI is InChI=1S/C36H51N3O3SSi2/c1-24(2)45(25(3)4,26(5)6)42-33-19-31(18-30(33)21-40)39-36-32(20-37-23-38-36)35(41)34-17-29(22-43-34)16-28-12-10-11-27(15-28)13-14-44(7,8)9/h10-12,15,17,20,22-26,30-31,33,40H,16,18-19,21H2,1-9H3,(H,37,38,39). The van der Waals surface area contributed by atoms with Gasteiger partial charge in [-0.25, -0.2) is 9.97 Å². The Labute approximate surface area is 276 Å². The number of rotatable bonds is 12. The van der Waals surface area contributed by atoms with E-state index < -0.39 is 16.4 Å². The molecule has 3 atom stereocenters. The Morgan fingerprint density at radius 1 is 1.07 bits per heavy atom. The van der Waals surface area contributed by atoms with Crippen LogP contribution in [-0.4, -0.2) is 56.0 Å². The SMILES string of the molecule is CC(C)[Si](OC1CC(Nc2ncncc2C(=O)c2cc(Cc3cccc(C#C[Si](C)(C)C)c3)cs2)CC1CO)(C(C)C)C(C)C. The van der Waals surface area contributed by atoms with Crippen LogP contribution in [0.4, 0.5) is 5.82 Å². The zero-order chi connectivity index (χ0) is 32.9. The van der Waals surface area contributed by atoms with Crippen molar-refractivity contribution in [2.45, 2.75) is 109 Å². The molecule has 1 aromatic carbocycles. The maximum Gasteiger partial charge on any atom is 0.208 e. The lowest BCUT2D eigenvalue weighted by Gasteiger charge is -2.45. The lowest BCUT2D eigenvalue weighted by Crippen LogP contribution is -2.51. The Kier molecular flexibility index (Phi) is 11.6. The highest BCUT2D eigenvalue weighted by molar-refractivity contribution is 7.12. The van der Waals surface area contributed by atoms with Gasteiger partial charge in [0.25, 0.3) is 0 Å². The average molecular weight is 662 g/mol. The molecular formula is C36H51N3O3SSi2. The average Bonchev–Trinajstić information content (AvgIpc) is 3.60. The Morgan fingerprint density at radius 3 is 2.42 bits per heavy atom. The van der Waals surface area contributed by atoms with Gasteiger partial charge in [0.05, 0.1) is 16.5 Å². The van der Waals surface area contributed by atoms with Gasteiger partial charge in [0.1, 0.15) is 20.2 Å². The molecule has 2 aromatic heterocycles. The van der Waals surface area contributed by atoms with Gasteiger partial charge in [0.2, 0.25) is 14.1 Å². The number of benzene rings is 1. The minimum Gasteiger partial charge on any atom is -0.413 e. The fraction of sp³-hybridized carbons (Fsp3) is 0.528. The maximum absolute atomic E-state index is 13.8. The number of anilines is 1. The van der Waals surface area contributed by atoms with Crippen molar-refractivity contribution in [3.05, 3.63) is 75.4 Å². The second-order valence-electron chi connectivity index (χ2n) is 14.5. The second-order valence-corrected chi connectivity index (χ2v) is 25.6. The fourth-order valence-corrected chi connectivity index (χ4v) is 14.0. The molecule has 6 nitrogen and oxygen atoms in total. The van der Waals surface area contributed by atoms with Crippen LogP contribution in [0.3, 0.4) is 0 Å². The molecule has 4 rings (SSSR count). The van der Waals surface area contributed by atoms with Gasteiger partial charge < -0.3 is 14.8 Å². The summed E-state index contributed by atoms with van der Waals surface area (Å²) in [7, 11) is -3.56. The quantitative estimate of drug-likeness (QED) is 0.115. The molecule has 0 saturated heterocycles. The number of aliphatic hydroxyl groups is 1. The van der Waals surface area contributed by atoms with Gasteiger partial charge in [0, 0.05) is 30.3 Å². The monoisotopic (exact) mass is 661 g/mol.